The Bertz CT molecular complexity index is 932. The molecule has 0 aliphatic heterocycles. The molecule has 0 bridgehead atoms. The van der Waals surface area contributed by atoms with Crippen LogP contribution in [-0.4, -0.2) is 34.6 Å². The number of benzene rings is 1. The van der Waals surface area contributed by atoms with Crippen LogP contribution in [0.25, 0.3) is 12.2 Å². The van der Waals surface area contributed by atoms with Gasteiger partial charge >= 0.3 is 5.82 Å². The van der Waals surface area contributed by atoms with E-state index in [0.717, 1.165) is 5.56 Å². The summed E-state index contributed by atoms with van der Waals surface area (Å²) in [6.45, 7) is 0.428. The molecule has 3 aromatic rings. The first-order valence-corrected chi connectivity index (χ1v) is 8.08. The fourth-order valence-electron chi connectivity index (χ4n) is 2.36. The van der Waals surface area contributed by atoms with Crippen molar-refractivity contribution >= 4 is 29.6 Å². The smallest absolute Gasteiger partial charge is 0.343 e. The van der Waals surface area contributed by atoms with Crippen LogP contribution >= 0.6 is 11.6 Å². The van der Waals surface area contributed by atoms with E-state index in [-0.39, 0.29) is 19.0 Å². The Morgan fingerprint density at radius 2 is 2.00 bits per heavy atom. The lowest BCUT2D eigenvalue weighted by molar-refractivity contribution is -0.392. The van der Waals surface area contributed by atoms with Gasteiger partial charge in [-0.25, -0.2) is 14.2 Å². The second-order valence-electron chi connectivity index (χ2n) is 5.40. The predicted octanol–water partition coefficient (Wildman–Crippen LogP) is 2.40. The summed E-state index contributed by atoms with van der Waals surface area (Å²) < 4.78 is 3.01. The third-order valence-corrected chi connectivity index (χ3v) is 3.90. The zero-order valence-electron chi connectivity index (χ0n) is 13.6. The van der Waals surface area contributed by atoms with E-state index in [2.05, 4.69) is 15.3 Å². The number of nitrogens with zero attached hydrogens (tertiary/aromatic N) is 6. The number of aliphatic hydroxyl groups is 1. The van der Waals surface area contributed by atoms with Crippen LogP contribution in [0, 0.1) is 10.1 Å². The van der Waals surface area contributed by atoms with Crippen molar-refractivity contribution in [2.45, 2.75) is 19.7 Å². The summed E-state index contributed by atoms with van der Waals surface area (Å²) in [6, 6.07) is 7.21. The molecule has 1 aromatic carbocycles. The van der Waals surface area contributed by atoms with Crippen molar-refractivity contribution in [2.75, 3.05) is 0 Å². The summed E-state index contributed by atoms with van der Waals surface area (Å²) in [5.74, 6) is 0.345. The van der Waals surface area contributed by atoms with E-state index in [1.807, 2.05) is 12.1 Å². The molecule has 2 heterocycles. The molecule has 0 radical (unpaired) electrons. The van der Waals surface area contributed by atoms with E-state index in [0.29, 0.717) is 23.1 Å². The van der Waals surface area contributed by atoms with E-state index >= 15 is 0 Å². The fourth-order valence-corrected chi connectivity index (χ4v) is 2.48. The number of hydrogen-bond acceptors (Lipinski definition) is 6. The summed E-state index contributed by atoms with van der Waals surface area (Å²) in [5, 5.41) is 28.5. The second kappa shape index (κ2) is 7.89. The highest BCUT2D eigenvalue weighted by Crippen LogP contribution is 2.17. The molecule has 0 saturated heterocycles. The summed E-state index contributed by atoms with van der Waals surface area (Å²) in [4.78, 5) is 14.9. The molecule has 0 atom stereocenters. The van der Waals surface area contributed by atoms with Gasteiger partial charge in [-0.2, -0.15) is 0 Å². The van der Waals surface area contributed by atoms with Crippen LogP contribution in [0.4, 0.5) is 5.82 Å². The van der Waals surface area contributed by atoms with E-state index in [1.165, 1.54) is 15.4 Å². The Labute approximate surface area is 153 Å². The Kier molecular flexibility index (Phi) is 5.40. The number of imidazole rings is 1. The van der Waals surface area contributed by atoms with E-state index in [4.69, 9.17) is 16.7 Å². The molecule has 0 aliphatic carbocycles. The van der Waals surface area contributed by atoms with Gasteiger partial charge in [0.25, 0.3) is 0 Å². The first-order chi connectivity index (χ1) is 12.6. The van der Waals surface area contributed by atoms with Crippen LogP contribution in [0.3, 0.4) is 0 Å². The van der Waals surface area contributed by atoms with E-state index < -0.39 is 4.92 Å². The summed E-state index contributed by atoms with van der Waals surface area (Å²) in [5.41, 5.74) is 1.34. The van der Waals surface area contributed by atoms with Gasteiger partial charge in [-0.15, -0.1) is 5.10 Å². The molecule has 10 heteroatoms. The molecule has 0 unspecified atom stereocenters. The number of aryl methyl sites for hydroxylation is 1. The van der Waals surface area contributed by atoms with Gasteiger partial charge in [-0.3, -0.25) is 0 Å². The van der Waals surface area contributed by atoms with Crippen LogP contribution in [0.5, 0.6) is 0 Å². The number of aromatic nitrogens is 5. The summed E-state index contributed by atoms with van der Waals surface area (Å²) >= 11 is 5.86. The Balaban J connectivity index is 1.81. The van der Waals surface area contributed by atoms with Gasteiger partial charge < -0.3 is 15.2 Å². The zero-order valence-corrected chi connectivity index (χ0v) is 14.3. The van der Waals surface area contributed by atoms with Crippen LogP contribution in [0.2, 0.25) is 5.02 Å². The van der Waals surface area contributed by atoms with Gasteiger partial charge in [0.2, 0.25) is 5.82 Å². The van der Waals surface area contributed by atoms with Gasteiger partial charge in [0.15, 0.2) is 0 Å². The molecule has 1 N–H and O–H groups in total. The lowest BCUT2D eigenvalue weighted by atomic mass is 10.2. The molecule has 2 aromatic heterocycles. The normalized spacial score (nSPS) is 11.3. The van der Waals surface area contributed by atoms with Gasteiger partial charge in [-0.1, -0.05) is 28.9 Å². The SMILES string of the molecule is O=[N+]([O-])c1cnc(/C=C/c2ccc(Cl)cc2)n1CCn1cc(CO)nn1. The number of aliphatic hydroxyl groups excluding tert-OH is 1. The zero-order chi connectivity index (χ0) is 18.5. The van der Waals surface area contributed by atoms with Crippen molar-refractivity contribution in [3.63, 3.8) is 0 Å². The highest BCUT2D eigenvalue weighted by atomic mass is 35.5. The maximum absolute atomic E-state index is 11.2. The minimum atomic E-state index is -0.479. The number of nitro groups is 1. The number of rotatable bonds is 7. The van der Waals surface area contributed by atoms with Gasteiger partial charge in [-0.05, 0) is 28.7 Å². The van der Waals surface area contributed by atoms with Crippen LogP contribution in [0.1, 0.15) is 17.1 Å². The van der Waals surface area contributed by atoms with Crippen molar-refractivity contribution in [3.05, 3.63) is 68.9 Å². The van der Waals surface area contributed by atoms with Crippen LogP contribution in [0.15, 0.2) is 36.7 Å². The van der Waals surface area contributed by atoms with Crippen molar-refractivity contribution in [1.82, 2.24) is 24.5 Å². The quantitative estimate of drug-likeness (QED) is 0.502. The molecule has 0 saturated carbocycles. The second-order valence-corrected chi connectivity index (χ2v) is 5.84. The third-order valence-electron chi connectivity index (χ3n) is 3.65. The van der Waals surface area contributed by atoms with Gasteiger partial charge in [0.1, 0.15) is 18.4 Å². The molecule has 0 spiro atoms. The summed E-state index contributed by atoms with van der Waals surface area (Å²) in [7, 11) is 0. The fraction of sp³-hybridized carbons (Fsp3) is 0.188. The minimum absolute atomic E-state index is 0.108. The molecule has 0 aliphatic rings. The minimum Gasteiger partial charge on any atom is -0.390 e. The molecular weight excluding hydrogens is 360 g/mol. The summed E-state index contributed by atoms with van der Waals surface area (Å²) in [6.07, 6.45) is 6.32. The molecule has 0 amide bonds. The monoisotopic (exact) mass is 374 g/mol. The van der Waals surface area contributed by atoms with Crippen molar-refractivity contribution < 1.29 is 10.0 Å². The molecule has 9 nitrogen and oxygen atoms in total. The first-order valence-electron chi connectivity index (χ1n) is 7.70. The molecule has 0 fully saturated rings. The van der Waals surface area contributed by atoms with Gasteiger partial charge in [0.05, 0.1) is 19.3 Å². The third kappa shape index (κ3) is 4.13. The van der Waals surface area contributed by atoms with E-state index in [9.17, 15) is 10.1 Å². The van der Waals surface area contributed by atoms with Crippen molar-refractivity contribution in [3.8, 4) is 0 Å². The average Bonchev–Trinajstić information content (AvgIpc) is 3.26. The Morgan fingerprint density at radius 3 is 2.65 bits per heavy atom. The number of hydrogen-bond donors (Lipinski definition) is 1. The first kappa shape index (κ1) is 17.8. The molecular formula is C16H15ClN6O3. The van der Waals surface area contributed by atoms with Crippen molar-refractivity contribution in [2.24, 2.45) is 0 Å². The van der Waals surface area contributed by atoms with E-state index in [1.54, 1.807) is 30.5 Å². The van der Waals surface area contributed by atoms with Crippen LogP contribution in [-0.2, 0) is 19.7 Å². The van der Waals surface area contributed by atoms with Crippen LogP contribution < -0.4 is 0 Å². The topological polar surface area (TPSA) is 112 Å². The highest BCUT2D eigenvalue weighted by Gasteiger charge is 2.18. The molecule has 3 rings (SSSR count). The standard InChI is InChI=1S/C16H15ClN6O3/c17-13-4-1-12(2-5-13)3-6-15-18-9-16(23(25)26)22(15)8-7-21-10-14(11-24)19-20-21/h1-6,9-10,24H,7-8,11H2/b6-3+. The largest absolute Gasteiger partial charge is 0.390 e. The average molecular weight is 375 g/mol. The lowest BCUT2D eigenvalue weighted by Crippen LogP contribution is -2.11. The van der Waals surface area contributed by atoms with Crippen molar-refractivity contribution in [1.29, 1.82) is 0 Å². The van der Waals surface area contributed by atoms with Gasteiger partial charge in [0, 0.05) is 11.1 Å². The maximum atomic E-state index is 11.2. The highest BCUT2D eigenvalue weighted by molar-refractivity contribution is 6.30. The Morgan fingerprint density at radius 1 is 1.23 bits per heavy atom. The number of halogens is 1. The lowest BCUT2D eigenvalue weighted by Gasteiger charge is -2.03. The molecule has 134 valence electrons. The molecule has 26 heavy (non-hydrogen) atoms. The maximum Gasteiger partial charge on any atom is 0.343 e. The Hall–Kier alpha value is -3.04. The predicted molar refractivity (Wildman–Crippen MR) is 95.2 cm³/mol.